The normalized spacial score (nSPS) is 15.7. The summed E-state index contributed by atoms with van der Waals surface area (Å²) >= 11 is 0. The number of nitrogens with two attached hydrogens (primary N) is 2. The van der Waals surface area contributed by atoms with E-state index in [1.54, 1.807) is 7.11 Å². The molecule has 0 unspecified atom stereocenters. The van der Waals surface area contributed by atoms with Crippen LogP contribution in [0.3, 0.4) is 0 Å². The van der Waals surface area contributed by atoms with Gasteiger partial charge in [-0.25, -0.2) is 0 Å². The molecule has 21 heavy (non-hydrogen) atoms. The first-order chi connectivity index (χ1) is 10.2. The minimum absolute atomic E-state index is 0.128. The molecule has 0 heterocycles. The molecular weight excluding hydrogens is 268 g/mol. The van der Waals surface area contributed by atoms with E-state index in [4.69, 9.17) is 15.2 Å². The fraction of sp³-hybridized carbons (Fsp3) is 0.562. The molecule has 1 aliphatic rings. The first-order valence-electron chi connectivity index (χ1n) is 7.61. The van der Waals surface area contributed by atoms with Crippen LogP contribution in [0, 0.1) is 0 Å². The summed E-state index contributed by atoms with van der Waals surface area (Å²) in [7, 11) is 1.60. The standard InChI is InChI=1S/C16H24N2O3/c1-20-14-9-5-6-12(16(14)21-11-15(17)19)10-18-13-7-3-2-4-8-13/h5-6,9,13,18H,2-4,7-8,10-11H2,1H3,(H2,17,19)/p+1. The molecule has 0 saturated heterocycles. The minimum atomic E-state index is -0.483. The van der Waals surface area contributed by atoms with Crippen molar-refractivity contribution in [2.45, 2.75) is 44.7 Å². The average Bonchev–Trinajstić information content (AvgIpc) is 2.51. The van der Waals surface area contributed by atoms with Crippen molar-refractivity contribution in [3.05, 3.63) is 23.8 Å². The lowest BCUT2D eigenvalue weighted by atomic mass is 9.95. The lowest BCUT2D eigenvalue weighted by Crippen LogP contribution is -2.88. The molecule has 5 heteroatoms. The van der Waals surface area contributed by atoms with Gasteiger partial charge in [-0.05, 0) is 37.8 Å². The first kappa shape index (κ1) is 15.6. The number of hydrogen-bond acceptors (Lipinski definition) is 3. The molecule has 2 rings (SSSR count). The first-order valence-corrected chi connectivity index (χ1v) is 7.61. The second kappa shape index (κ2) is 7.88. The van der Waals surface area contributed by atoms with Crippen LogP contribution in [-0.2, 0) is 11.3 Å². The number of amides is 1. The van der Waals surface area contributed by atoms with Crippen molar-refractivity contribution in [1.29, 1.82) is 0 Å². The molecule has 1 aromatic carbocycles. The third kappa shape index (κ3) is 4.63. The molecule has 1 aliphatic carbocycles. The van der Waals surface area contributed by atoms with Gasteiger partial charge in [0.15, 0.2) is 18.1 Å². The zero-order valence-electron chi connectivity index (χ0n) is 12.6. The Bertz CT molecular complexity index is 471. The highest BCUT2D eigenvalue weighted by Gasteiger charge is 2.18. The Morgan fingerprint density at radius 1 is 1.33 bits per heavy atom. The van der Waals surface area contributed by atoms with E-state index in [0.717, 1.165) is 12.1 Å². The molecule has 1 saturated carbocycles. The number of hydrogen-bond donors (Lipinski definition) is 2. The number of rotatable bonds is 7. The minimum Gasteiger partial charge on any atom is -0.493 e. The zero-order chi connectivity index (χ0) is 15.1. The van der Waals surface area contributed by atoms with Gasteiger partial charge in [0.25, 0.3) is 5.91 Å². The summed E-state index contributed by atoms with van der Waals surface area (Å²) in [5.41, 5.74) is 6.20. The lowest BCUT2D eigenvalue weighted by Gasteiger charge is -2.21. The van der Waals surface area contributed by atoms with E-state index >= 15 is 0 Å². The summed E-state index contributed by atoms with van der Waals surface area (Å²) in [6.07, 6.45) is 6.56. The third-order valence-electron chi connectivity index (χ3n) is 3.96. The van der Waals surface area contributed by atoms with Gasteiger partial charge in [-0.15, -0.1) is 0 Å². The largest absolute Gasteiger partial charge is 0.493 e. The molecule has 0 atom stereocenters. The molecular formula is C16H25N2O3+. The van der Waals surface area contributed by atoms with Gasteiger partial charge in [0, 0.05) is 0 Å². The molecule has 4 N–H and O–H groups in total. The Morgan fingerprint density at radius 2 is 2.10 bits per heavy atom. The molecule has 116 valence electrons. The van der Waals surface area contributed by atoms with Gasteiger partial charge in [-0.3, -0.25) is 4.79 Å². The predicted octanol–water partition coefficient (Wildman–Crippen LogP) is 0.955. The van der Waals surface area contributed by atoms with Crippen molar-refractivity contribution in [3.63, 3.8) is 0 Å². The van der Waals surface area contributed by atoms with Gasteiger partial charge in [0.1, 0.15) is 6.54 Å². The highest BCUT2D eigenvalue weighted by Crippen LogP contribution is 2.30. The Balaban J connectivity index is 2.03. The molecule has 5 nitrogen and oxygen atoms in total. The van der Waals surface area contributed by atoms with Gasteiger partial charge in [-0.2, -0.15) is 0 Å². The van der Waals surface area contributed by atoms with Crippen LogP contribution in [-0.4, -0.2) is 25.7 Å². The van der Waals surface area contributed by atoms with Crippen LogP contribution < -0.4 is 20.5 Å². The van der Waals surface area contributed by atoms with Crippen LogP contribution in [0.5, 0.6) is 11.5 Å². The maximum Gasteiger partial charge on any atom is 0.255 e. The number of methoxy groups -OCH3 is 1. The quantitative estimate of drug-likeness (QED) is 0.786. The molecule has 0 bridgehead atoms. The molecule has 1 aromatic rings. The van der Waals surface area contributed by atoms with Gasteiger partial charge in [0.2, 0.25) is 0 Å². The van der Waals surface area contributed by atoms with Crippen molar-refractivity contribution >= 4 is 5.91 Å². The van der Waals surface area contributed by atoms with Crippen LogP contribution >= 0.6 is 0 Å². The van der Waals surface area contributed by atoms with Crippen molar-refractivity contribution < 1.29 is 19.6 Å². The van der Waals surface area contributed by atoms with Gasteiger partial charge < -0.3 is 20.5 Å². The van der Waals surface area contributed by atoms with Crippen LogP contribution in [0.15, 0.2) is 18.2 Å². The number of carbonyl (C=O) groups excluding carboxylic acids is 1. The van der Waals surface area contributed by atoms with E-state index in [9.17, 15) is 4.79 Å². The maximum absolute atomic E-state index is 10.9. The molecule has 1 fully saturated rings. The fourth-order valence-electron chi connectivity index (χ4n) is 2.85. The highest BCUT2D eigenvalue weighted by atomic mass is 16.5. The second-order valence-electron chi connectivity index (χ2n) is 5.54. The molecule has 0 spiro atoms. The number of benzene rings is 1. The Hall–Kier alpha value is -1.75. The van der Waals surface area contributed by atoms with E-state index in [-0.39, 0.29) is 6.61 Å². The number of quaternary nitrogens is 1. The Morgan fingerprint density at radius 3 is 2.76 bits per heavy atom. The summed E-state index contributed by atoms with van der Waals surface area (Å²) in [6, 6.07) is 6.48. The van der Waals surface area contributed by atoms with E-state index < -0.39 is 5.91 Å². The topological polar surface area (TPSA) is 78.2 Å². The molecule has 0 radical (unpaired) electrons. The van der Waals surface area contributed by atoms with E-state index in [1.807, 2.05) is 18.2 Å². The van der Waals surface area contributed by atoms with Gasteiger partial charge in [0.05, 0.1) is 18.7 Å². The summed E-state index contributed by atoms with van der Waals surface area (Å²) in [5, 5.41) is 2.37. The summed E-state index contributed by atoms with van der Waals surface area (Å²) < 4.78 is 10.9. The van der Waals surface area contributed by atoms with Crippen LogP contribution in [0.1, 0.15) is 37.7 Å². The van der Waals surface area contributed by atoms with Crippen molar-refractivity contribution in [1.82, 2.24) is 0 Å². The molecule has 0 aromatic heterocycles. The Labute approximate surface area is 125 Å². The van der Waals surface area contributed by atoms with Crippen molar-refractivity contribution in [2.24, 2.45) is 5.73 Å². The predicted molar refractivity (Wildman–Crippen MR) is 80.2 cm³/mol. The fourth-order valence-corrected chi connectivity index (χ4v) is 2.85. The van der Waals surface area contributed by atoms with Crippen molar-refractivity contribution in [3.8, 4) is 11.5 Å². The Kier molecular flexibility index (Phi) is 5.87. The van der Waals surface area contributed by atoms with E-state index in [1.165, 1.54) is 32.1 Å². The van der Waals surface area contributed by atoms with Crippen LogP contribution in [0.4, 0.5) is 0 Å². The summed E-state index contributed by atoms with van der Waals surface area (Å²) in [6.45, 7) is 0.701. The second-order valence-corrected chi connectivity index (χ2v) is 5.54. The van der Waals surface area contributed by atoms with Gasteiger partial charge >= 0.3 is 0 Å². The number of carbonyl (C=O) groups is 1. The average molecular weight is 293 g/mol. The van der Waals surface area contributed by atoms with Crippen LogP contribution in [0.2, 0.25) is 0 Å². The molecule has 0 aliphatic heterocycles. The monoisotopic (exact) mass is 293 g/mol. The number of primary amides is 1. The SMILES string of the molecule is COc1cccc(C[NH2+]C2CCCCC2)c1OCC(N)=O. The highest BCUT2D eigenvalue weighted by molar-refractivity contribution is 5.75. The lowest BCUT2D eigenvalue weighted by molar-refractivity contribution is -0.706. The molecule has 1 amide bonds. The summed E-state index contributed by atoms with van der Waals surface area (Å²) in [4.78, 5) is 10.9. The van der Waals surface area contributed by atoms with Crippen molar-refractivity contribution in [2.75, 3.05) is 13.7 Å². The maximum atomic E-state index is 10.9. The van der Waals surface area contributed by atoms with E-state index in [0.29, 0.717) is 17.5 Å². The van der Waals surface area contributed by atoms with E-state index in [2.05, 4.69) is 5.32 Å². The zero-order valence-corrected chi connectivity index (χ0v) is 12.6. The van der Waals surface area contributed by atoms with Gasteiger partial charge in [-0.1, -0.05) is 12.5 Å². The number of para-hydroxylation sites is 1. The summed E-state index contributed by atoms with van der Waals surface area (Å²) in [5.74, 6) is 0.791. The number of ether oxygens (including phenoxy) is 2. The smallest absolute Gasteiger partial charge is 0.255 e. The third-order valence-corrected chi connectivity index (χ3v) is 3.96. The van der Waals surface area contributed by atoms with Crippen LogP contribution in [0.25, 0.3) is 0 Å².